The number of hydrogen-bond acceptors (Lipinski definition) is 4. The van der Waals surface area contributed by atoms with Gasteiger partial charge in [0.15, 0.2) is 5.76 Å². The van der Waals surface area contributed by atoms with Gasteiger partial charge in [-0.1, -0.05) is 6.92 Å². The lowest BCUT2D eigenvalue weighted by Gasteiger charge is -2.19. The monoisotopic (exact) mass is 239 g/mol. The van der Waals surface area contributed by atoms with Crippen LogP contribution in [0.2, 0.25) is 0 Å². The standard InChI is InChI=1S/C12H17NO4/c1-8-5-6-17-10(8)11(14)13(3)7-9(2)12(15)16-4/h5-6,9H,7H2,1-4H3. The number of furan rings is 1. The second-order valence-corrected chi connectivity index (χ2v) is 4.04. The van der Waals surface area contributed by atoms with Gasteiger partial charge in [0.1, 0.15) is 0 Å². The SMILES string of the molecule is COC(=O)C(C)CN(C)C(=O)c1occc1C. The number of rotatable bonds is 4. The van der Waals surface area contributed by atoms with Crippen molar-refractivity contribution < 1.29 is 18.7 Å². The molecule has 0 aliphatic carbocycles. The van der Waals surface area contributed by atoms with Gasteiger partial charge in [-0.2, -0.15) is 0 Å². The molecule has 5 nitrogen and oxygen atoms in total. The molecule has 0 aliphatic heterocycles. The molecule has 0 N–H and O–H groups in total. The summed E-state index contributed by atoms with van der Waals surface area (Å²) in [6, 6.07) is 1.73. The molecule has 1 atom stereocenters. The Morgan fingerprint density at radius 1 is 1.53 bits per heavy atom. The van der Waals surface area contributed by atoms with E-state index in [1.165, 1.54) is 18.3 Å². The molecule has 1 aromatic heterocycles. The number of methoxy groups -OCH3 is 1. The fourth-order valence-corrected chi connectivity index (χ4v) is 1.53. The van der Waals surface area contributed by atoms with Gasteiger partial charge in [-0.15, -0.1) is 0 Å². The van der Waals surface area contributed by atoms with E-state index in [0.29, 0.717) is 12.3 Å². The van der Waals surface area contributed by atoms with E-state index in [2.05, 4.69) is 4.74 Å². The number of amides is 1. The zero-order valence-electron chi connectivity index (χ0n) is 10.5. The minimum absolute atomic E-state index is 0.233. The van der Waals surface area contributed by atoms with E-state index in [0.717, 1.165) is 5.56 Å². The zero-order chi connectivity index (χ0) is 13.0. The molecule has 0 saturated heterocycles. The van der Waals surface area contributed by atoms with Crippen LogP contribution in [-0.2, 0) is 9.53 Å². The first-order chi connectivity index (χ1) is 7.97. The van der Waals surface area contributed by atoms with Crippen LogP contribution in [0.15, 0.2) is 16.7 Å². The van der Waals surface area contributed by atoms with Gasteiger partial charge in [0, 0.05) is 19.2 Å². The van der Waals surface area contributed by atoms with Gasteiger partial charge in [-0.05, 0) is 13.0 Å². The van der Waals surface area contributed by atoms with E-state index in [9.17, 15) is 9.59 Å². The summed E-state index contributed by atoms with van der Waals surface area (Å²) in [6.07, 6.45) is 1.47. The molecule has 1 unspecified atom stereocenters. The Bertz CT molecular complexity index is 410. The molecule has 17 heavy (non-hydrogen) atoms. The summed E-state index contributed by atoms with van der Waals surface area (Å²) in [5, 5.41) is 0. The summed E-state index contributed by atoms with van der Waals surface area (Å²) in [7, 11) is 2.96. The van der Waals surface area contributed by atoms with Crippen molar-refractivity contribution in [2.45, 2.75) is 13.8 Å². The largest absolute Gasteiger partial charge is 0.469 e. The second-order valence-electron chi connectivity index (χ2n) is 4.04. The summed E-state index contributed by atoms with van der Waals surface area (Å²) in [4.78, 5) is 24.6. The van der Waals surface area contributed by atoms with E-state index in [4.69, 9.17) is 4.42 Å². The number of esters is 1. The Labute approximate surface area is 100 Å². The van der Waals surface area contributed by atoms with Gasteiger partial charge in [0.25, 0.3) is 5.91 Å². The van der Waals surface area contributed by atoms with Crippen molar-refractivity contribution in [1.82, 2.24) is 4.90 Å². The van der Waals surface area contributed by atoms with Crippen LogP contribution in [0.5, 0.6) is 0 Å². The van der Waals surface area contributed by atoms with Gasteiger partial charge in [-0.25, -0.2) is 0 Å². The molecule has 0 saturated carbocycles. The lowest BCUT2D eigenvalue weighted by Crippen LogP contribution is -2.34. The van der Waals surface area contributed by atoms with Gasteiger partial charge in [0.05, 0.1) is 19.3 Å². The van der Waals surface area contributed by atoms with Crippen LogP contribution in [0.4, 0.5) is 0 Å². The molecule has 5 heteroatoms. The molecular weight excluding hydrogens is 222 g/mol. The highest BCUT2D eigenvalue weighted by Gasteiger charge is 2.22. The first-order valence-electron chi connectivity index (χ1n) is 5.34. The van der Waals surface area contributed by atoms with Crippen LogP contribution >= 0.6 is 0 Å². The van der Waals surface area contributed by atoms with E-state index >= 15 is 0 Å². The van der Waals surface area contributed by atoms with Crippen molar-refractivity contribution in [3.05, 3.63) is 23.7 Å². The van der Waals surface area contributed by atoms with Crippen molar-refractivity contribution in [3.63, 3.8) is 0 Å². The number of ether oxygens (including phenoxy) is 1. The van der Waals surface area contributed by atoms with E-state index in [1.54, 1.807) is 27.0 Å². The Balaban J connectivity index is 2.65. The predicted molar refractivity (Wildman–Crippen MR) is 61.6 cm³/mol. The van der Waals surface area contributed by atoms with Crippen LogP contribution < -0.4 is 0 Å². The van der Waals surface area contributed by atoms with E-state index in [-0.39, 0.29) is 17.8 Å². The van der Waals surface area contributed by atoms with Crippen LogP contribution in [-0.4, -0.2) is 37.5 Å². The van der Waals surface area contributed by atoms with Crippen molar-refractivity contribution in [3.8, 4) is 0 Å². The average molecular weight is 239 g/mol. The van der Waals surface area contributed by atoms with Crippen LogP contribution in [0.3, 0.4) is 0 Å². The maximum atomic E-state index is 12.0. The molecule has 0 aliphatic rings. The number of carbonyl (C=O) groups is 2. The minimum Gasteiger partial charge on any atom is -0.469 e. The molecule has 0 spiro atoms. The normalized spacial score (nSPS) is 12.0. The Morgan fingerprint density at radius 3 is 2.65 bits per heavy atom. The number of aryl methyl sites for hydroxylation is 1. The quantitative estimate of drug-likeness (QED) is 0.746. The summed E-state index contributed by atoms with van der Waals surface area (Å²) in [6.45, 7) is 3.81. The highest BCUT2D eigenvalue weighted by molar-refractivity contribution is 5.92. The minimum atomic E-state index is -0.357. The Morgan fingerprint density at radius 2 is 2.18 bits per heavy atom. The number of carbonyl (C=O) groups excluding carboxylic acids is 2. The smallest absolute Gasteiger partial charge is 0.310 e. The Hall–Kier alpha value is -1.78. The van der Waals surface area contributed by atoms with Gasteiger partial charge in [0.2, 0.25) is 0 Å². The van der Waals surface area contributed by atoms with Crippen molar-refractivity contribution in [1.29, 1.82) is 0 Å². The van der Waals surface area contributed by atoms with Crippen LogP contribution in [0.25, 0.3) is 0 Å². The lowest BCUT2D eigenvalue weighted by molar-refractivity contribution is -0.145. The summed E-state index contributed by atoms with van der Waals surface area (Å²) in [5.74, 6) is -0.613. The van der Waals surface area contributed by atoms with Crippen LogP contribution in [0.1, 0.15) is 23.0 Å². The van der Waals surface area contributed by atoms with Crippen molar-refractivity contribution in [2.24, 2.45) is 5.92 Å². The molecule has 94 valence electrons. The highest BCUT2D eigenvalue weighted by Crippen LogP contribution is 2.12. The molecule has 0 fully saturated rings. The third-order valence-corrected chi connectivity index (χ3v) is 2.55. The highest BCUT2D eigenvalue weighted by atomic mass is 16.5. The van der Waals surface area contributed by atoms with Crippen LogP contribution in [0, 0.1) is 12.8 Å². The molecular formula is C12H17NO4. The fourth-order valence-electron chi connectivity index (χ4n) is 1.53. The van der Waals surface area contributed by atoms with Crippen molar-refractivity contribution in [2.75, 3.05) is 20.7 Å². The zero-order valence-corrected chi connectivity index (χ0v) is 10.5. The first kappa shape index (κ1) is 13.3. The molecule has 0 aromatic carbocycles. The molecule has 1 amide bonds. The molecule has 0 radical (unpaired) electrons. The maximum absolute atomic E-state index is 12.0. The predicted octanol–water partition coefficient (Wildman–Crippen LogP) is 1.47. The average Bonchev–Trinajstić information content (AvgIpc) is 2.73. The fraction of sp³-hybridized carbons (Fsp3) is 0.500. The second kappa shape index (κ2) is 5.52. The Kier molecular flexibility index (Phi) is 4.31. The summed E-state index contributed by atoms with van der Waals surface area (Å²) >= 11 is 0. The van der Waals surface area contributed by atoms with Gasteiger partial charge < -0.3 is 14.1 Å². The lowest BCUT2D eigenvalue weighted by atomic mass is 10.1. The third-order valence-electron chi connectivity index (χ3n) is 2.55. The molecule has 1 aromatic rings. The molecule has 1 heterocycles. The van der Waals surface area contributed by atoms with Crippen molar-refractivity contribution >= 4 is 11.9 Å². The number of hydrogen-bond donors (Lipinski definition) is 0. The maximum Gasteiger partial charge on any atom is 0.310 e. The summed E-state index contributed by atoms with van der Waals surface area (Å²) < 4.78 is 9.71. The van der Waals surface area contributed by atoms with Gasteiger partial charge >= 0.3 is 5.97 Å². The third kappa shape index (κ3) is 3.09. The first-order valence-corrected chi connectivity index (χ1v) is 5.34. The molecule has 0 bridgehead atoms. The topological polar surface area (TPSA) is 59.8 Å². The number of nitrogens with zero attached hydrogens (tertiary/aromatic N) is 1. The van der Waals surface area contributed by atoms with E-state index in [1.807, 2.05) is 0 Å². The van der Waals surface area contributed by atoms with E-state index < -0.39 is 0 Å². The summed E-state index contributed by atoms with van der Waals surface area (Å²) in [5.41, 5.74) is 0.785. The molecule has 1 rings (SSSR count). The van der Waals surface area contributed by atoms with Gasteiger partial charge in [-0.3, -0.25) is 9.59 Å².